The molecule has 74 valence electrons. The van der Waals surface area contributed by atoms with Gasteiger partial charge in [0.25, 0.3) is 0 Å². The molecule has 3 aliphatic rings. The van der Waals surface area contributed by atoms with E-state index in [2.05, 4.69) is 0 Å². The Balaban J connectivity index is 2.30. The van der Waals surface area contributed by atoms with Gasteiger partial charge in [-0.15, -0.1) is 0 Å². The van der Waals surface area contributed by atoms with E-state index < -0.39 is 23.5 Å². The molecule has 0 aromatic rings. The van der Waals surface area contributed by atoms with Gasteiger partial charge in [0.15, 0.2) is 0 Å². The number of hydrogen-bond acceptors (Lipinski definition) is 1. The van der Waals surface area contributed by atoms with Crippen LogP contribution in [0.3, 0.4) is 0 Å². The summed E-state index contributed by atoms with van der Waals surface area (Å²) in [5.74, 6) is -2.70. The highest BCUT2D eigenvalue weighted by Gasteiger charge is 2.73. The van der Waals surface area contributed by atoms with Gasteiger partial charge in [-0.05, 0) is 25.2 Å². The molecule has 13 heavy (non-hydrogen) atoms. The van der Waals surface area contributed by atoms with Gasteiger partial charge in [0.1, 0.15) is 0 Å². The Hall–Kier alpha value is -0.740. The Labute approximate surface area is 72.7 Å². The lowest BCUT2D eigenvalue weighted by molar-refractivity contribution is -0.268. The summed E-state index contributed by atoms with van der Waals surface area (Å²) in [7, 11) is 0. The van der Waals surface area contributed by atoms with Crippen molar-refractivity contribution in [3.8, 4) is 0 Å². The minimum atomic E-state index is -4.34. The predicted molar refractivity (Wildman–Crippen MR) is 37.0 cm³/mol. The molecular formula is C8H9F3O2. The molecule has 2 nitrogen and oxygen atoms in total. The molecule has 3 aliphatic carbocycles. The van der Waals surface area contributed by atoms with E-state index in [1.165, 1.54) is 0 Å². The lowest BCUT2D eigenvalue weighted by Crippen LogP contribution is -2.53. The first kappa shape index (κ1) is 8.84. The molecule has 3 fully saturated rings. The van der Waals surface area contributed by atoms with Crippen LogP contribution in [0.5, 0.6) is 0 Å². The maximum absolute atomic E-state index is 12.5. The van der Waals surface area contributed by atoms with E-state index in [4.69, 9.17) is 5.11 Å². The van der Waals surface area contributed by atoms with Crippen LogP contribution in [0.25, 0.3) is 0 Å². The summed E-state index contributed by atoms with van der Waals surface area (Å²) in [5, 5.41) is 8.64. The smallest absolute Gasteiger partial charge is 0.395 e. The highest BCUT2D eigenvalue weighted by molar-refractivity contribution is 5.74. The van der Waals surface area contributed by atoms with Gasteiger partial charge in [-0.3, -0.25) is 4.79 Å². The summed E-state index contributed by atoms with van der Waals surface area (Å²) >= 11 is 0. The number of alkyl halides is 3. The fraction of sp³-hybridized carbons (Fsp3) is 0.875. The largest absolute Gasteiger partial charge is 0.481 e. The summed E-state index contributed by atoms with van der Waals surface area (Å²) < 4.78 is 37.6. The monoisotopic (exact) mass is 194 g/mol. The molecule has 0 aromatic carbocycles. The van der Waals surface area contributed by atoms with E-state index in [9.17, 15) is 18.0 Å². The molecule has 0 aromatic heterocycles. The van der Waals surface area contributed by atoms with Crippen molar-refractivity contribution >= 4 is 5.97 Å². The first-order chi connectivity index (χ1) is 5.88. The van der Waals surface area contributed by atoms with Gasteiger partial charge >= 0.3 is 12.1 Å². The molecule has 5 heteroatoms. The molecule has 3 saturated carbocycles. The van der Waals surface area contributed by atoms with Crippen molar-refractivity contribution in [3.63, 3.8) is 0 Å². The van der Waals surface area contributed by atoms with Crippen LogP contribution in [-0.4, -0.2) is 17.3 Å². The number of rotatable bonds is 1. The summed E-state index contributed by atoms with van der Waals surface area (Å²) in [6.45, 7) is 0. The third-order valence-corrected chi connectivity index (χ3v) is 3.49. The fourth-order valence-corrected chi connectivity index (χ4v) is 2.84. The molecule has 3 rings (SSSR count). The van der Waals surface area contributed by atoms with Crippen LogP contribution in [-0.2, 0) is 4.79 Å². The van der Waals surface area contributed by atoms with Gasteiger partial charge < -0.3 is 5.11 Å². The quantitative estimate of drug-likeness (QED) is 0.693. The van der Waals surface area contributed by atoms with Crippen LogP contribution in [0.15, 0.2) is 0 Å². The molecule has 0 aliphatic heterocycles. The summed E-state index contributed by atoms with van der Waals surface area (Å²) in [5.41, 5.74) is -1.89. The highest BCUT2D eigenvalue weighted by Crippen LogP contribution is 2.69. The number of aliphatic carboxylic acids is 1. The molecule has 0 saturated heterocycles. The van der Waals surface area contributed by atoms with Crippen molar-refractivity contribution in [1.82, 2.24) is 0 Å². The molecule has 2 bridgehead atoms. The lowest BCUT2D eigenvalue weighted by atomic mass is 9.60. The highest BCUT2D eigenvalue weighted by atomic mass is 19.4. The zero-order chi connectivity index (χ0) is 9.85. The van der Waals surface area contributed by atoms with Gasteiger partial charge in [-0.25, -0.2) is 0 Å². The standard InChI is InChI=1S/C8H9F3O2/c9-8(10,11)7-2-1-4(3-7)5(7)6(12)13/h4-5H,1-3H2,(H,12,13). The molecule has 0 amide bonds. The van der Waals surface area contributed by atoms with Crippen LogP contribution >= 0.6 is 0 Å². The molecule has 0 radical (unpaired) electrons. The Morgan fingerprint density at radius 2 is 2.08 bits per heavy atom. The maximum Gasteiger partial charge on any atom is 0.395 e. The summed E-state index contributed by atoms with van der Waals surface area (Å²) in [6, 6.07) is 0. The first-order valence-electron chi connectivity index (χ1n) is 4.18. The van der Waals surface area contributed by atoms with Crippen molar-refractivity contribution in [2.45, 2.75) is 25.4 Å². The number of carbonyl (C=O) groups is 1. The van der Waals surface area contributed by atoms with E-state index >= 15 is 0 Å². The number of halogens is 3. The molecular weight excluding hydrogens is 185 g/mol. The lowest BCUT2D eigenvalue weighted by Gasteiger charge is -2.45. The second kappa shape index (κ2) is 2.19. The summed E-state index contributed by atoms with van der Waals surface area (Å²) in [4.78, 5) is 10.6. The predicted octanol–water partition coefficient (Wildman–Crippen LogP) is 2.05. The number of fused-ring (bicyclic) bond motifs is 1. The average Bonchev–Trinajstić information content (AvgIpc) is 2.35. The molecule has 1 N–H and O–H groups in total. The van der Waals surface area contributed by atoms with E-state index in [1.807, 2.05) is 0 Å². The van der Waals surface area contributed by atoms with Crippen LogP contribution in [0.2, 0.25) is 0 Å². The second-order valence-electron chi connectivity index (χ2n) is 3.97. The number of carboxylic acids is 1. The topological polar surface area (TPSA) is 37.3 Å². The average molecular weight is 194 g/mol. The van der Waals surface area contributed by atoms with E-state index in [0.29, 0.717) is 6.42 Å². The SMILES string of the molecule is O=C(O)C1C2CCC1(C(F)(F)F)C2. The molecule has 0 spiro atoms. The van der Waals surface area contributed by atoms with Crippen molar-refractivity contribution in [2.75, 3.05) is 0 Å². The van der Waals surface area contributed by atoms with Crippen LogP contribution in [0.4, 0.5) is 13.2 Å². The normalized spacial score (nSPS) is 43.0. The van der Waals surface area contributed by atoms with Crippen molar-refractivity contribution in [3.05, 3.63) is 0 Å². The Morgan fingerprint density at radius 3 is 2.38 bits per heavy atom. The van der Waals surface area contributed by atoms with Gasteiger partial charge in [-0.1, -0.05) is 0 Å². The van der Waals surface area contributed by atoms with Gasteiger partial charge in [0.05, 0.1) is 11.3 Å². The van der Waals surface area contributed by atoms with Crippen LogP contribution in [0.1, 0.15) is 19.3 Å². The van der Waals surface area contributed by atoms with E-state index in [1.54, 1.807) is 0 Å². The van der Waals surface area contributed by atoms with Gasteiger partial charge in [0.2, 0.25) is 0 Å². The minimum absolute atomic E-state index is 0.00185. The number of carboxylic acid groups (broad SMARTS) is 1. The van der Waals surface area contributed by atoms with Crippen LogP contribution in [0, 0.1) is 17.3 Å². The van der Waals surface area contributed by atoms with Gasteiger partial charge in [-0.2, -0.15) is 13.2 Å². The zero-order valence-electron chi connectivity index (χ0n) is 6.77. The molecule has 0 heterocycles. The van der Waals surface area contributed by atoms with E-state index in [0.717, 1.165) is 0 Å². The Morgan fingerprint density at radius 1 is 1.46 bits per heavy atom. The third-order valence-electron chi connectivity index (χ3n) is 3.49. The molecule has 3 unspecified atom stereocenters. The fourth-order valence-electron chi connectivity index (χ4n) is 2.84. The number of hydrogen-bond donors (Lipinski definition) is 1. The molecule has 3 atom stereocenters. The van der Waals surface area contributed by atoms with Crippen LogP contribution < -0.4 is 0 Å². The van der Waals surface area contributed by atoms with Crippen molar-refractivity contribution in [2.24, 2.45) is 17.3 Å². The maximum atomic E-state index is 12.5. The van der Waals surface area contributed by atoms with Crippen molar-refractivity contribution < 1.29 is 23.1 Å². The third kappa shape index (κ3) is 0.873. The Bertz CT molecular complexity index is 257. The van der Waals surface area contributed by atoms with E-state index in [-0.39, 0.29) is 18.8 Å². The van der Waals surface area contributed by atoms with Crippen molar-refractivity contribution in [1.29, 1.82) is 0 Å². The summed E-state index contributed by atoms with van der Waals surface area (Å²) in [6.07, 6.45) is -3.91. The first-order valence-corrected chi connectivity index (χ1v) is 4.18. The Kier molecular flexibility index (Phi) is 1.49. The zero-order valence-corrected chi connectivity index (χ0v) is 6.77. The minimum Gasteiger partial charge on any atom is -0.481 e. The van der Waals surface area contributed by atoms with Gasteiger partial charge in [0, 0.05) is 0 Å². The second-order valence-corrected chi connectivity index (χ2v) is 3.97.